The van der Waals surface area contributed by atoms with Crippen LogP contribution in [0.5, 0.6) is 0 Å². The van der Waals surface area contributed by atoms with Gasteiger partial charge in [-0.15, -0.1) is 12.1 Å². The summed E-state index contributed by atoms with van der Waals surface area (Å²) in [5.74, 6) is -0.175. The third kappa shape index (κ3) is 2.56. The summed E-state index contributed by atoms with van der Waals surface area (Å²) in [7, 11) is 0. The van der Waals surface area contributed by atoms with Crippen LogP contribution in [0.4, 0.5) is 4.39 Å². The van der Waals surface area contributed by atoms with Crippen LogP contribution < -0.4 is 18.9 Å². The van der Waals surface area contributed by atoms with E-state index < -0.39 is 0 Å². The van der Waals surface area contributed by atoms with Gasteiger partial charge < -0.3 is 0 Å². The van der Waals surface area contributed by atoms with Crippen molar-refractivity contribution in [2.24, 2.45) is 0 Å². The first-order valence-electron chi connectivity index (χ1n) is 2.99. The summed E-state index contributed by atoms with van der Waals surface area (Å²) < 4.78 is 12.3. The molecule has 2 heteroatoms. The molecule has 48 valence electrons. The number of hydrogen-bond donors (Lipinski definition) is 0. The van der Waals surface area contributed by atoms with Crippen molar-refractivity contribution in [2.75, 3.05) is 0 Å². The largest absolute Gasteiger partial charge is 1.00 e. The first-order chi connectivity index (χ1) is 4.33. The molecular formula is C8H8FLi. The van der Waals surface area contributed by atoms with Gasteiger partial charge in [0.15, 0.2) is 0 Å². The molecule has 1 rings (SSSR count). The zero-order valence-corrected chi connectivity index (χ0v) is 6.32. The Hall–Kier alpha value is -0.253. The van der Waals surface area contributed by atoms with Crippen molar-refractivity contribution < 1.29 is 23.3 Å². The summed E-state index contributed by atoms with van der Waals surface area (Å²) >= 11 is 0. The third-order valence-corrected chi connectivity index (χ3v) is 1.20. The van der Waals surface area contributed by atoms with Gasteiger partial charge in [-0.2, -0.15) is 17.7 Å². The van der Waals surface area contributed by atoms with Gasteiger partial charge in [0.05, 0.1) is 0 Å². The predicted molar refractivity (Wildman–Crippen MR) is 34.6 cm³/mol. The smallest absolute Gasteiger partial charge is 0.236 e. The van der Waals surface area contributed by atoms with E-state index in [0.717, 1.165) is 12.0 Å². The second kappa shape index (κ2) is 4.55. The van der Waals surface area contributed by atoms with Crippen LogP contribution in [0.15, 0.2) is 18.2 Å². The SMILES string of the molecule is CCc1[c-]ccc(F)c1.[Li+]. The molecule has 0 radical (unpaired) electrons. The molecule has 0 amide bonds. The molecule has 0 saturated carbocycles. The van der Waals surface area contributed by atoms with E-state index >= 15 is 0 Å². The second-order valence-electron chi connectivity index (χ2n) is 1.89. The van der Waals surface area contributed by atoms with Crippen LogP contribution in [0.1, 0.15) is 12.5 Å². The van der Waals surface area contributed by atoms with Crippen molar-refractivity contribution in [3.63, 3.8) is 0 Å². The molecule has 0 aliphatic carbocycles. The van der Waals surface area contributed by atoms with Gasteiger partial charge in [0.2, 0.25) is 0 Å². The molecule has 0 aromatic heterocycles. The van der Waals surface area contributed by atoms with Gasteiger partial charge in [0, 0.05) is 5.82 Å². The Bertz CT molecular complexity index is 198. The summed E-state index contributed by atoms with van der Waals surface area (Å²) in [4.78, 5) is 0. The minimum absolute atomic E-state index is 0. The molecular weight excluding hydrogens is 122 g/mol. The summed E-state index contributed by atoms with van der Waals surface area (Å²) in [6, 6.07) is 7.43. The normalized spacial score (nSPS) is 8.60. The van der Waals surface area contributed by atoms with Gasteiger partial charge in [-0.1, -0.05) is 13.3 Å². The van der Waals surface area contributed by atoms with Crippen LogP contribution in [-0.4, -0.2) is 0 Å². The fourth-order valence-electron chi connectivity index (χ4n) is 0.689. The molecule has 0 saturated heterocycles. The van der Waals surface area contributed by atoms with Gasteiger partial charge in [-0.25, -0.2) is 4.39 Å². The predicted octanol–water partition coefficient (Wildman–Crippen LogP) is -0.808. The maximum Gasteiger partial charge on any atom is 1.00 e. The van der Waals surface area contributed by atoms with Crippen LogP contribution >= 0.6 is 0 Å². The molecule has 0 spiro atoms. The van der Waals surface area contributed by atoms with E-state index in [9.17, 15) is 4.39 Å². The fraction of sp³-hybridized carbons (Fsp3) is 0.250. The van der Waals surface area contributed by atoms with E-state index in [1.807, 2.05) is 6.92 Å². The number of benzene rings is 1. The van der Waals surface area contributed by atoms with E-state index in [1.165, 1.54) is 12.1 Å². The summed E-state index contributed by atoms with van der Waals surface area (Å²) in [5, 5.41) is 0. The van der Waals surface area contributed by atoms with E-state index in [1.54, 1.807) is 6.07 Å². The molecule has 0 aliphatic rings. The molecule has 0 bridgehead atoms. The Labute approximate surface area is 72.6 Å². The average molecular weight is 130 g/mol. The molecule has 0 fully saturated rings. The molecule has 0 unspecified atom stereocenters. The van der Waals surface area contributed by atoms with Crippen molar-refractivity contribution in [3.8, 4) is 0 Å². The van der Waals surface area contributed by atoms with Crippen molar-refractivity contribution in [1.29, 1.82) is 0 Å². The third-order valence-electron chi connectivity index (χ3n) is 1.20. The average Bonchev–Trinajstić information content (AvgIpc) is 1.88. The number of halogens is 1. The molecule has 0 N–H and O–H groups in total. The summed E-state index contributed by atoms with van der Waals surface area (Å²) in [6.07, 6.45) is 0.845. The van der Waals surface area contributed by atoms with Crippen molar-refractivity contribution >= 4 is 0 Å². The molecule has 0 heterocycles. The molecule has 0 aliphatic heterocycles. The topological polar surface area (TPSA) is 0 Å². The maximum absolute atomic E-state index is 12.3. The van der Waals surface area contributed by atoms with E-state index in [4.69, 9.17) is 0 Å². The van der Waals surface area contributed by atoms with Gasteiger partial charge in [0.1, 0.15) is 0 Å². The fourth-order valence-corrected chi connectivity index (χ4v) is 0.689. The maximum atomic E-state index is 12.3. The Morgan fingerprint density at radius 1 is 1.60 bits per heavy atom. The Kier molecular flexibility index (Phi) is 4.43. The molecule has 10 heavy (non-hydrogen) atoms. The molecule has 1 aromatic rings. The Morgan fingerprint density at radius 2 is 2.30 bits per heavy atom. The number of rotatable bonds is 1. The first kappa shape index (κ1) is 9.75. The van der Waals surface area contributed by atoms with Crippen LogP contribution in [0.3, 0.4) is 0 Å². The van der Waals surface area contributed by atoms with E-state index in [0.29, 0.717) is 0 Å². The zero-order chi connectivity index (χ0) is 6.69. The van der Waals surface area contributed by atoms with Crippen LogP contribution in [-0.2, 0) is 6.42 Å². The van der Waals surface area contributed by atoms with Gasteiger partial charge in [0.25, 0.3) is 0 Å². The standard InChI is InChI=1S/C8H8F.Li/c1-2-7-4-3-5-8(9)6-7;/h3,5-6H,2H2,1H3;/q-1;+1. The molecule has 0 nitrogen and oxygen atoms in total. The first-order valence-corrected chi connectivity index (χ1v) is 2.99. The van der Waals surface area contributed by atoms with Crippen LogP contribution in [0.25, 0.3) is 0 Å². The summed E-state index contributed by atoms with van der Waals surface area (Å²) in [5.41, 5.74) is 0.926. The van der Waals surface area contributed by atoms with E-state index in [2.05, 4.69) is 6.07 Å². The molecule has 0 atom stereocenters. The van der Waals surface area contributed by atoms with Crippen molar-refractivity contribution in [2.45, 2.75) is 13.3 Å². The van der Waals surface area contributed by atoms with Crippen molar-refractivity contribution in [3.05, 3.63) is 35.6 Å². The quantitative estimate of drug-likeness (QED) is 0.344. The second-order valence-corrected chi connectivity index (χ2v) is 1.89. The Balaban J connectivity index is 0.000000810. The van der Waals surface area contributed by atoms with Crippen LogP contribution in [0, 0.1) is 11.9 Å². The van der Waals surface area contributed by atoms with Gasteiger partial charge >= 0.3 is 18.9 Å². The van der Waals surface area contributed by atoms with Crippen molar-refractivity contribution in [1.82, 2.24) is 0 Å². The molecule has 1 aromatic carbocycles. The van der Waals surface area contributed by atoms with Gasteiger partial charge in [-0.3, -0.25) is 0 Å². The monoisotopic (exact) mass is 130 g/mol. The number of aryl methyl sites for hydroxylation is 1. The van der Waals surface area contributed by atoms with Crippen LogP contribution in [0.2, 0.25) is 0 Å². The Morgan fingerprint density at radius 3 is 2.70 bits per heavy atom. The summed E-state index contributed by atoms with van der Waals surface area (Å²) in [6.45, 7) is 1.98. The minimum atomic E-state index is -0.175. The van der Waals surface area contributed by atoms with E-state index in [-0.39, 0.29) is 24.7 Å². The van der Waals surface area contributed by atoms with Gasteiger partial charge in [-0.05, 0) is 0 Å². The zero-order valence-electron chi connectivity index (χ0n) is 6.32. The number of hydrogen-bond acceptors (Lipinski definition) is 0. The minimum Gasteiger partial charge on any atom is -0.236 e.